The van der Waals surface area contributed by atoms with E-state index in [0.29, 0.717) is 0 Å². The quantitative estimate of drug-likeness (QED) is 0.422. The van der Waals surface area contributed by atoms with Gasteiger partial charge in [-0.25, -0.2) is 0 Å². The topological polar surface area (TPSA) is 63.0 Å². The zero-order chi connectivity index (χ0) is 2.71. The molecule has 2 nitrogen and oxygen atoms in total. The van der Waals surface area contributed by atoms with Crippen LogP contribution in [-0.4, -0.2) is 28.3 Å². The van der Waals surface area contributed by atoms with Gasteiger partial charge in [-0.15, -0.1) is 12.4 Å². The molecule has 0 aromatic rings. The van der Waals surface area contributed by atoms with E-state index in [-0.39, 0.29) is 40.7 Å². The summed E-state index contributed by atoms with van der Waals surface area (Å²) in [7, 11) is 0. The molecule has 4 heteroatoms. The highest BCUT2D eigenvalue weighted by Gasteiger charge is 1.35. The van der Waals surface area contributed by atoms with Crippen LogP contribution >= 0.6 is 12.4 Å². The Morgan fingerprint density at radius 2 is 1.00 bits per heavy atom. The Morgan fingerprint density at radius 1 is 1.00 bits per heavy atom. The summed E-state index contributed by atoms with van der Waals surface area (Å²) in [6.45, 7) is 4.25. The molecule has 0 aliphatic carbocycles. The van der Waals surface area contributed by atoms with E-state index < -0.39 is 0 Å². The number of hydrogen-bond donors (Lipinski definition) is 0. The van der Waals surface area contributed by atoms with Crippen molar-refractivity contribution in [1.82, 2.24) is 0 Å². The molecule has 0 atom stereocenters. The van der Waals surface area contributed by atoms with Crippen molar-refractivity contribution in [3.8, 4) is 0 Å². The van der Waals surface area contributed by atoms with Crippen molar-refractivity contribution in [2.24, 2.45) is 0 Å². The molecule has 3 radical (unpaired) electrons. The summed E-state index contributed by atoms with van der Waals surface area (Å²) in [6.07, 6.45) is 1.25. The molecular formula is C3H13AlClO2. The molecular weight excluding hydrogens is 130 g/mol. The second-order valence-electron chi connectivity index (χ2n) is 0.707. The Kier molecular flexibility index (Phi) is 490. The van der Waals surface area contributed by atoms with Crippen LogP contribution in [0.5, 0.6) is 0 Å². The van der Waals surface area contributed by atoms with Gasteiger partial charge in [0.05, 0.1) is 0 Å². The van der Waals surface area contributed by atoms with Gasteiger partial charge in [0.15, 0.2) is 0 Å². The lowest BCUT2D eigenvalue weighted by atomic mass is 10.6. The fourth-order valence-electron chi connectivity index (χ4n) is 0. The largest absolute Gasteiger partial charge is 0.412 e. The molecule has 0 spiro atoms. The van der Waals surface area contributed by atoms with E-state index in [2.05, 4.69) is 13.8 Å². The molecule has 0 aromatic carbocycles. The van der Waals surface area contributed by atoms with E-state index in [1.807, 2.05) is 0 Å². The monoisotopic (exact) mass is 143 g/mol. The molecule has 7 heavy (non-hydrogen) atoms. The van der Waals surface area contributed by atoms with Gasteiger partial charge in [0.2, 0.25) is 0 Å². The zero-order valence-electron chi connectivity index (χ0n) is 4.69. The van der Waals surface area contributed by atoms with Crippen LogP contribution in [0.15, 0.2) is 0 Å². The summed E-state index contributed by atoms with van der Waals surface area (Å²) < 4.78 is 0. The minimum atomic E-state index is 0. The lowest BCUT2D eigenvalue weighted by molar-refractivity contribution is 0.823. The van der Waals surface area contributed by atoms with E-state index in [1.54, 1.807) is 0 Å². The predicted molar refractivity (Wildman–Crippen MR) is 36.2 cm³/mol. The first-order valence-corrected chi connectivity index (χ1v) is 1.41. The van der Waals surface area contributed by atoms with Crippen LogP contribution in [0, 0.1) is 0 Å². The van der Waals surface area contributed by atoms with Gasteiger partial charge in [-0.2, -0.15) is 0 Å². The van der Waals surface area contributed by atoms with E-state index in [9.17, 15) is 0 Å². The Bertz CT molecular complexity index is 12.9. The molecule has 0 aliphatic heterocycles. The Labute approximate surface area is 61.5 Å². The van der Waals surface area contributed by atoms with E-state index in [1.165, 1.54) is 6.42 Å². The summed E-state index contributed by atoms with van der Waals surface area (Å²) in [4.78, 5) is 0. The van der Waals surface area contributed by atoms with Crippen LogP contribution in [0.25, 0.3) is 0 Å². The van der Waals surface area contributed by atoms with Crippen LogP contribution < -0.4 is 0 Å². The number of halogens is 1. The van der Waals surface area contributed by atoms with Gasteiger partial charge in [-0.3, -0.25) is 0 Å². The van der Waals surface area contributed by atoms with Crippen molar-refractivity contribution < 1.29 is 11.0 Å². The second-order valence-corrected chi connectivity index (χ2v) is 0.707. The number of hydrogen-bond acceptors (Lipinski definition) is 0. The SMILES string of the molecule is CCC.Cl.O.O.[Al]. The van der Waals surface area contributed by atoms with E-state index >= 15 is 0 Å². The maximum absolute atomic E-state index is 2.12. The van der Waals surface area contributed by atoms with Crippen molar-refractivity contribution in [2.75, 3.05) is 0 Å². The van der Waals surface area contributed by atoms with Gasteiger partial charge in [-0.1, -0.05) is 20.3 Å². The van der Waals surface area contributed by atoms with Gasteiger partial charge in [0, 0.05) is 17.4 Å². The first-order chi connectivity index (χ1) is 1.41. The van der Waals surface area contributed by atoms with Crippen molar-refractivity contribution in [3.63, 3.8) is 0 Å². The highest BCUT2D eigenvalue weighted by atomic mass is 35.5. The minimum absolute atomic E-state index is 0. The third-order valence-electron chi connectivity index (χ3n) is 0. The van der Waals surface area contributed by atoms with Crippen molar-refractivity contribution in [2.45, 2.75) is 20.3 Å². The fourth-order valence-corrected chi connectivity index (χ4v) is 0. The van der Waals surface area contributed by atoms with Crippen LogP contribution in [0.3, 0.4) is 0 Å². The van der Waals surface area contributed by atoms with Gasteiger partial charge in [-0.05, 0) is 0 Å². The molecule has 0 saturated heterocycles. The second kappa shape index (κ2) is 73.2. The fraction of sp³-hybridized carbons (Fsp3) is 1.00. The van der Waals surface area contributed by atoms with Crippen molar-refractivity contribution >= 4 is 29.8 Å². The van der Waals surface area contributed by atoms with Crippen LogP contribution in [0.4, 0.5) is 0 Å². The van der Waals surface area contributed by atoms with Gasteiger partial charge >= 0.3 is 0 Å². The molecule has 0 unspecified atom stereocenters. The maximum Gasteiger partial charge on any atom is 0 e. The molecule has 0 fully saturated rings. The van der Waals surface area contributed by atoms with Gasteiger partial charge in [0.1, 0.15) is 0 Å². The van der Waals surface area contributed by atoms with Crippen LogP contribution in [-0.2, 0) is 0 Å². The molecule has 0 aromatic heterocycles. The average molecular weight is 144 g/mol. The molecule has 0 rings (SSSR count). The minimum Gasteiger partial charge on any atom is -0.412 e. The van der Waals surface area contributed by atoms with E-state index in [0.717, 1.165) is 0 Å². The Balaban J connectivity index is -0.00000000333. The molecule has 0 aliphatic rings. The maximum atomic E-state index is 2.12. The molecule has 4 N–H and O–H groups in total. The number of rotatable bonds is 0. The Hall–Kier alpha value is 0.742. The van der Waals surface area contributed by atoms with Crippen LogP contribution in [0.1, 0.15) is 20.3 Å². The highest BCUT2D eigenvalue weighted by Crippen LogP contribution is 1.56. The summed E-state index contributed by atoms with van der Waals surface area (Å²) in [6, 6.07) is 0. The summed E-state index contributed by atoms with van der Waals surface area (Å²) in [5, 5.41) is 0. The molecule has 0 heterocycles. The normalized spacial score (nSPS) is 2.57. The van der Waals surface area contributed by atoms with Crippen LogP contribution in [0.2, 0.25) is 0 Å². The van der Waals surface area contributed by atoms with Gasteiger partial charge < -0.3 is 11.0 Å². The zero-order valence-corrected chi connectivity index (χ0v) is 6.66. The first-order valence-electron chi connectivity index (χ1n) is 1.41. The summed E-state index contributed by atoms with van der Waals surface area (Å²) in [5.41, 5.74) is 0. The molecule has 0 amide bonds. The third kappa shape index (κ3) is 275. The van der Waals surface area contributed by atoms with Crippen molar-refractivity contribution in [3.05, 3.63) is 0 Å². The van der Waals surface area contributed by atoms with Crippen molar-refractivity contribution in [1.29, 1.82) is 0 Å². The third-order valence-corrected chi connectivity index (χ3v) is 0. The molecule has 0 bridgehead atoms. The standard InChI is InChI=1S/C3H8.Al.ClH.2H2O/c1-3-2;;;;/h3H2,1-2H3;;1H;2*1H2. The molecule has 47 valence electrons. The summed E-state index contributed by atoms with van der Waals surface area (Å²) >= 11 is 0. The first kappa shape index (κ1) is 46.8. The smallest absolute Gasteiger partial charge is 0 e. The average Bonchev–Trinajstić information content (AvgIpc) is 0.918. The lowest BCUT2D eigenvalue weighted by Crippen LogP contribution is -1.27. The molecule has 0 saturated carbocycles. The lowest BCUT2D eigenvalue weighted by Gasteiger charge is -1.48. The predicted octanol–water partition coefficient (Wildman–Crippen LogP) is -0.192. The summed E-state index contributed by atoms with van der Waals surface area (Å²) in [5.74, 6) is 0. The Morgan fingerprint density at radius 3 is 1.00 bits per heavy atom. The van der Waals surface area contributed by atoms with E-state index in [4.69, 9.17) is 0 Å². The highest BCUT2D eigenvalue weighted by molar-refractivity contribution is 5.85. The van der Waals surface area contributed by atoms with Gasteiger partial charge in [0.25, 0.3) is 0 Å².